The van der Waals surface area contributed by atoms with Crippen LogP contribution in [0.25, 0.3) is 6.08 Å². The molecule has 0 bridgehead atoms. The standard InChI is InChI=1S/C18H22N2O4/c1-13-3-2-4-14(11-13)5-6-17(22)24-12-16(21)20-9-7-15(8-10-20)18(19)23/h2-6,11,15H,7-10,12H2,1H3,(H2,19,23)/b6-5+. The van der Waals surface area contributed by atoms with Crippen molar-refractivity contribution in [2.75, 3.05) is 19.7 Å². The number of carbonyl (C=O) groups is 3. The van der Waals surface area contributed by atoms with Crippen LogP contribution in [-0.4, -0.2) is 42.4 Å². The van der Waals surface area contributed by atoms with Gasteiger partial charge < -0.3 is 15.4 Å². The molecule has 128 valence electrons. The van der Waals surface area contributed by atoms with Crippen LogP contribution in [0.15, 0.2) is 30.3 Å². The van der Waals surface area contributed by atoms with Crippen LogP contribution < -0.4 is 5.73 Å². The van der Waals surface area contributed by atoms with Gasteiger partial charge in [-0.2, -0.15) is 0 Å². The van der Waals surface area contributed by atoms with E-state index < -0.39 is 5.97 Å². The number of aryl methyl sites for hydroxylation is 1. The highest BCUT2D eigenvalue weighted by atomic mass is 16.5. The summed E-state index contributed by atoms with van der Waals surface area (Å²) in [4.78, 5) is 36.4. The third-order valence-corrected chi connectivity index (χ3v) is 4.04. The largest absolute Gasteiger partial charge is 0.452 e. The molecule has 1 saturated heterocycles. The third-order valence-electron chi connectivity index (χ3n) is 4.04. The van der Waals surface area contributed by atoms with Crippen molar-refractivity contribution in [3.8, 4) is 0 Å². The highest BCUT2D eigenvalue weighted by molar-refractivity contribution is 5.89. The van der Waals surface area contributed by atoms with Gasteiger partial charge in [0, 0.05) is 25.1 Å². The lowest BCUT2D eigenvalue weighted by Crippen LogP contribution is -2.43. The van der Waals surface area contributed by atoms with E-state index >= 15 is 0 Å². The number of amides is 2. The number of nitrogens with two attached hydrogens (primary N) is 1. The Balaban J connectivity index is 1.75. The van der Waals surface area contributed by atoms with Crippen LogP contribution in [-0.2, 0) is 19.1 Å². The number of ether oxygens (including phenoxy) is 1. The molecule has 6 heteroatoms. The molecule has 1 aromatic carbocycles. The minimum Gasteiger partial charge on any atom is -0.452 e. The molecule has 2 N–H and O–H groups in total. The maximum absolute atomic E-state index is 12.0. The SMILES string of the molecule is Cc1cccc(/C=C/C(=O)OCC(=O)N2CCC(C(N)=O)CC2)c1. The molecule has 2 amide bonds. The molecule has 1 heterocycles. The van der Waals surface area contributed by atoms with E-state index in [4.69, 9.17) is 10.5 Å². The van der Waals surface area contributed by atoms with Gasteiger partial charge in [-0.1, -0.05) is 29.8 Å². The Kier molecular flexibility index (Phi) is 6.12. The van der Waals surface area contributed by atoms with Gasteiger partial charge in [-0.25, -0.2) is 4.79 Å². The second kappa shape index (κ2) is 8.29. The number of hydrogen-bond donors (Lipinski definition) is 1. The summed E-state index contributed by atoms with van der Waals surface area (Å²) >= 11 is 0. The van der Waals surface area contributed by atoms with Crippen molar-refractivity contribution in [1.29, 1.82) is 0 Å². The highest BCUT2D eigenvalue weighted by Crippen LogP contribution is 2.16. The fourth-order valence-corrected chi connectivity index (χ4v) is 2.62. The molecule has 0 saturated carbocycles. The maximum Gasteiger partial charge on any atom is 0.331 e. The molecule has 0 aromatic heterocycles. The highest BCUT2D eigenvalue weighted by Gasteiger charge is 2.26. The normalized spacial score (nSPS) is 15.5. The van der Waals surface area contributed by atoms with E-state index in [1.807, 2.05) is 31.2 Å². The summed E-state index contributed by atoms with van der Waals surface area (Å²) in [7, 11) is 0. The molecule has 1 aliphatic rings. The van der Waals surface area contributed by atoms with Crippen LogP contribution in [0.2, 0.25) is 0 Å². The van der Waals surface area contributed by atoms with Crippen molar-refractivity contribution in [2.24, 2.45) is 11.7 Å². The van der Waals surface area contributed by atoms with Gasteiger partial charge in [-0.3, -0.25) is 9.59 Å². The summed E-state index contributed by atoms with van der Waals surface area (Å²) in [5.41, 5.74) is 7.25. The molecule has 0 unspecified atom stereocenters. The van der Waals surface area contributed by atoms with Crippen LogP contribution in [0.5, 0.6) is 0 Å². The predicted octanol–water partition coefficient (Wildman–Crippen LogP) is 1.28. The zero-order chi connectivity index (χ0) is 17.5. The first kappa shape index (κ1) is 17.7. The fraction of sp³-hybridized carbons (Fsp3) is 0.389. The van der Waals surface area contributed by atoms with Crippen molar-refractivity contribution < 1.29 is 19.1 Å². The Morgan fingerprint density at radius 1 is 1.29 bits per heavy atom. The van der Waals surface area contributed by atoms with Crippen molar-refractivity contribution in [2.45, 2.75) is 19.8 Å². The lowest BCUT2D eigenvalue weighted by Gasteiger charge is -2.30. The Morgan fingerprint density at radius 3 is 2.62 bits per heavy atom. The smallest absolute Gasteiger partial charge is 0.331 e. The Labute approximate surface area is 141 Å². The molecule has 0 spiro atoms. The molecular weight excluding hydrogens is 308 g/mol. The van der Waals surface area contributed by atoms with Gasteiger partial charge >= 0.3 is 5.97 Å². The first-order chi connectivity index (χ1) is 11.5. The number of carbonyl (C=O) groups excluding carboxylic acids is 3. The molecule has 1 fully saturated rings. The van der Waals surface area contributed by atoms with Crippen molar-refractivity contribution in [3.05, 3.63) is 41.5 Å². The number of likely N-dealkylation sites (tertiary alicyclic amines) is 1. The first-order valence-electron chi connectivity index (χ1n) is 7.94. The van der Waals surface area contributed by atoms with Crippen molar-refractivity contribution >= 4 is 23.9 Å². The van der Waals surface area contributed by atoms with Crippen molar-refractivity contribution in [3.63, 3.8) is 0 Å². The molecule has 6 nitrogen and oxygen atoms in total. The first-order valence-corrected chi connectivity index (χ1v) is 7.94. The number of piperidine rings is 1. The Hall–Kier alpha value is -2.63. The van der Waals surface area contributed by atoms with Gasteiger partial charge in [-0.15, -0.1) is 0 Å². The number of benzene rings is 1. The zero-order valence-corrected chi connectivity index (χ0v) is 13.7. The van der Waals surface area contributed by atoms with Crippen LogP contribution in [0.1, 0.15) is 24.0 Å². The van der Waals surface area contributed by atoms with E-state index in [0.717, 1.165) is 11.1 Å². The van der Waals surface area contributed by atoms with E-state index in [-0.39, 0.29) is 24.3 Å². The molecule has 24 heavy (non-hydrogen) atoms. The van der Waals surface area contributed by atoms with Crippen LogP contribution in [0, 0.1) is 12.8 Å². The minimum absolute atomic E-state index is 0.172. The monoisotopic (exact) mass is 330 g/mol. The number of esters is 1. The van der Waals surface area contributed by atoms with Gasteiger partial charge in [0.15, 0.2) is 6.61 Å². The Bertz CT molecular complexity index is 646. The lowest BCUT2D eigenvalue weighted by atomic mass is 9.96. The van der Waals surface area contributed by atoms with Gasteiger partial charge in [0.05, 0.1) is 0 Å². The summed E-state index contributed by atoms with van der Waals surface area (Å²) in [6.45, 7) is 2.60. The molecule has 0 radical (unpaired) electrons. The molecule has 0 aliphatic carbocycles. The topological polar surface area (TPSA) is 89.7 Å². The van der Waals surface area contributed by atoms with E-state index in [0.29, 0.717) is 25.9 Å². The van der Waals surface area contributed by atoms with E-state index in [1.54, 1.807) is 11.0 Å². The van der Waals surface area contributed by atoms with E-state index in [9.17, 15) is 14.4 Å². The zero-order valence-electron chi connectivity index (χ0n) is 13.7. The van der Waals surface area contributed by atoms with Crippen LogP contribution in [0.4, 0.5) is 0 Å². The molecule has 0 atom stereocenters. The number of primary amides is 1. The summed E-state index contributed by atoms with van der Waals surface area (Å²) in [5, 5.41) is 0. The van der Waals surface area contributed by atoms with Crippen LogP contribution >= 0.6 is 0 Å². The van der Waals surface area contributed by atoms with Gasteiger partial charge in [0.2, 0.25) is 5.91 Å². The number of hydrogen-bond acceptors (Lipinski definition) is 4. The quantitative estimate of drug-likeness (QED) is 0.650. The van der Waals surface area contributed by atoms with E-state index in [1.165, 1.54) is 6.08 Å². The summed E-state index contributed by atoms with van der Waals surface area (Å²) < 4.78 is 4.97. The maximum atomic E-state index is 12.0. The number of rotatable bonds is 5. The molecule has 1 aromatic rings. The molecular formula is C18H22N2O4. The summed E-state index contributed by atoms with van der Waals surface area (Å²) in [6.07, 6.45) is 4.07. The summed E-state index contributed by atoms with van der Waals surface area (Å²) in [5.74, 6) is -1.31. The fourth-order valence-electron chi connectivity index (χ4n) is 2.62. The lowest BCUT2D eigenvalue weighted by molar-refractivity contribution is -0.149. The third kappa shape index (κ3) is 5.22. The summed E-state index contributed by atoms with van der Waals surface area (Å²) in [6, 6.07) is 7.69. The average Bonchev–Trinajstić information content (AvgIpc) is 2.58. The second-order valence-electron chi connectivity index (χ2n) is 5.91. The molecule has 2 rings (SSSR count). The van der Waals surface area contributed by atoms with E-state index in [2.05, 4.69) is 0 Å². The minimum atomic E-state index is -0.558. The average molecular weight is 330 g/mol. The van der Waals surface area contributed by atoms with Gasteiger partial charge in [0.1, 0.15) is 0 Å². The van der Waals surface area contributed by atoms with Crippen molar-refractivity contribution in [1.82, 2.24) is 4.90 Å². The van der Waals surface area contributed by atoms with Gasteiger partial charge in [0.25, 0.3) is 5.91 Å². The molecule has 1 aliphatic heterocycles. The van der Waals surface area contributed by atoms with Gasteiger partial charge in [-0.05, 0) is 31.4 Å². The number of nitrogens with zero attached hydrogens (tertiary/aromatic N) is 1. The van der Waals surface area contributed by atoms with Crippen LogP contribution in [0.3, 0.4) is 0 Å². The Morgan fingerprint density at radius 2 is 2.00 bits per heavy atom. The predicted molar refractivity (Wildman–Crippen MR) is 89.7 cm³/mol. The second-order valence-corrected chi connectivity index (χ2v) is 5.91.